The normalized spacial score (nSPS) is 14.3. The molecule has 2 heterocycles. The molecule has 2 aromatic rings. The first-order valence-electron chi connectivity index (χ1n) is 6.44. The van der Waals surface area contributed by atoms with E-state index in [1.165, 1.54) is 10.6 Å². The van der Waals surface area contributed by atoms with Crippen LogP contribution in [0, 0.1) is 0 Å². The van der Waals surface area contributed by atoms with Crippen LogP contribution in [0.25, 0.3) is 0 Å². The Bertz CT molecular complexity index is 727. The standard InChI is InChI=1S/C13H15N5O2/c1-17-7-3-4-9(12(17)20)11(19)14-13-16-15-10(18(13)2)8-5-6-8/h3-4,7-8H,5-6H2,1-2H3,(H,14,16,19). The summed E-state index contributed by atoms with van der Waals surface area (Å²) in [5.74, 6) is 1.22. The van der Waals surface area contributed by atoms with Crippen molar-refractivity contribution in [2.24, 2.45) is 14.1 Å². The third kappa shape index (κ3) is 2.11. The van der Waals surface area contributed by atoms with Crippen molar-refractivity contribution in [3.05, 3.63) is 40.1 Å². The van der Waals surface area contributed by atoms with Crippen molar-refractivity contribution in [2.45, 2.75) is 18.8 Å². The minimum Gasteiger partial charge on any atom is -0.318 e. The van der Waals surface area contributed by atoms with E-state index in [-0.39, 0.29) is 11.1 Å². The molecule has 0 aromatic carbocycles. The highest BCUT2D eigenvalue weighted by Crippen LogP contribution is 2.39. The first-order valence-corrected chi connectivity index (χ1v) is 6.44. The Kier molecular flexibility index (Phi) is 2.89. The summed E-state index contributed by atoms with van der Waals surface area (Å²) in [6.07, 6.45) is 3.82. The van der Waals surface area contributed by atoms with Gasteiger partial charge in [0.2, 0.25) is 5.95 Å². The Morgan fingerprint density at radius 3 is 2.80 bits per heavy atom. The summed E-state index contributed by atoms with van der Waals surface area (Å²) in [5.41, 5.74) is -0.249. The number of aromatic nitrogens is 4. The first kappa shape index (κ1) is 12.6. The number of carbonyl (C=O) groups excluding carboxylic acids is 1. The molecule has 1 amide bonds. The molecular formula is C13H15N5O2. The van der Waals surface area contributed by atoms with Gasteiger partial charge in [0.25, 0.3) is 11.5 Å². The lowest BCUT2D eigenvalue weighted by molar-refractivity contribution is 0.102. The van der Waals surface area contributed by atoms with E-state index >= 15 is 0 Å². The summed E-state index contributed by atoms with van der Waals surface area (Å²) >= 11 is 0. The van der Waals surface area contributed by atoms with Crippen LogP contribution in [0.4, 0.5) is 5.95 Å². The second-order valence-corrected chi connectivity index (χ2v) is 5.01. The molecule has 0 spiro atoms. The fourth-order valence-electron chi connectivity index (χ4n) is 2.09. The van der Waals surface area contributed by atoms with E-state index in [9.17, 15) is 9.59 Å². The zero-order chi connectivity index (χ0) is 14.3. The lowest BCUT2D eigenvalue weighted by Gasteiger charge is -2.06. The first-order chi connectivity index (χ1) is 9.58. The highest BCUT2D eigenvalue weighted by Gasteiger charge is 2.29. The van der Waals surface area contributed by atoms with Crippen molar-refractivity contribution in [3.8, 4) is 0 Å². The molecule has 0 atom stereocenters. The molecule has 0 bridgehead atoms. The van der Waals surface area contributed by atoms with Crippen molar-refractivity contribution in [1.29, 1.82) is 0 Å². The maximum atomic E-state index is 12.1. The molecule has 0 radical (unpaired) electrons. The number of rotatable bonds is 3. The molecule has 20 heavy (non-hydrogen) atoms. The van der Waals surface area contributed by atoms with Gasteiger partial charge in [0.1, 0.15) is 11.4 Å². The van der Waals surface area contributed by atoms with Crippen molar-refractivity contribution in [1.82, 2.24) is 19.3 Å². The predicted octanol–water partition coefficient (Wildman–Crippen LogP) is 0.643. The quantitative estimate of drug-likeness (QED) is 0.890. The van der Waals surface area contributed by atoms with Gasteiger partial charge in [-0.2, -0.15) is 0 Å². The Labute approximate surface area is 115 Å². The minimum absolute atomic E-state index is 0.0889. The smallest absolute Gasteiger partial charge is 0.263 e. The number of nitrogens with one attached hydrogen (secondary N) is 1. The second-order valence-electron chi connectivity index (χ2n) is 5.01. The predicted molar refractivity (Wildman–Crippen MR) is 72.6 cm³/mol. The number of nitrogens with zero attached hydrogens (tertiary/aromatic N) is 4. The van der Waals surface area contributed by atoms with E-state index in [1.54, 1.807) is 23.9 Å². The molecule has 7 nitrogen and oxygen atoms in total. The van der Waals surface area contributed by atoms with E-state index in [0.29, 0.717) is 11.9 Å². The van der Waals surface area contributed by atoms with E-state index in [4.69, 9.17) is 0 Å². The van der Waals surface area contributed by atoms with E-state index in [0.717, 1.165) is 18.7 Å². The van der Waals surface area contributed by atoms with Crippen molar-refractivity contribution < 1.29 is 4.79 Å². The SMILES string of the molecule is Cn1c(NC(=O)c2cccn(C)c2=O)nnc1C1CC1. The monoisotopic (exact) mass is 273 g/mol. The van der Waals surface area contributed by atoms with Crippen LogP contribution in [0.1, 0.15) is 34.9 Å². The summed E-state index contributed by atoms with van der Waals surface area (Å²) in [7, 11) is 3.42. The molecule has 1 aliphatic rings. The van der Waals surface area contributed by atoms with Gasteiger partial charge in [-0.25, -0.2) is 0 Å². The molecule has 1 N–H and O–H groups in total. The molecule has 104 valence electrons. The van der Waals surface area contributed by atoms with Gasteiger partial charge in [-0.1, -0.05) is 0 Å². The van der Waals surface area contributed by atoms with E-state index in [2.05, 4.69) is 15.5 Å². The Morgan fingerprint density at radius 1 is 1.35 bits per heavy atom. The van der Waals surface area contributed by atoms with Crippen LogP contribution in [-0.2, 0) is 14.1 Å². The molecule has 7 heteroatoms. The van der Waals surface area contributed by atoms with Gasteiger partial charge in [-0.3, -0.25) is 19.5 Å². The fourth-order valence-corrected chi connectivity index (χ4v) is 2.09. The van der Waals surface area contributed by atoms with Gasteiger partial charge in [-0.05, 0) is 25.0 Å². The van der Waals surface area contributed by atoms with Crippen LogP contribution >= 0.6 is 0 Å². The molecule has 1 fully saturated rings. The Hall–Kier alpha value is -2.44. The highest BCUT2D eigenvalue weighted by molar-refractivity contribution is 6.03. The highest BCUT2D eigenvalue weighted by atomic mass is 16.2. The topological polar surface area (TPSA) is 81.8 Å². The summed E-state index contributed by atoms with van der Waals surface area (Å²) in [4.78, 5) is 24.0. The van der Waals surface area contributed by atoms with Crippen LogP contribution in [0.5, 0.6) is 0 Å². The molecule has 0 unspecified atom stereocenters. The molecule has 2 aromatic heterocycles. The maximum absolute atomic E-state index is 12.1. The van der Waals surface area contributed by atoms with Crippen LogP contribution < -0.4 is 10.9 Å². The van der Waals surface area contributed by atoms with Crippen molar-refractivity contribution in [2.75, 3.05) is 5.32 Å². The summed E-state index contributed by atoms with van der Waals surface area (Å²) in [6, 6.07) is 3.15. The fraction of sp³-hybridized carbons (Fsp3) is 0.385. The minimum atomic E-state index is -0.468. The zero-order valence-electron chi connectivity index (χ0n) is 11.3. The van der Waals surface area contributed by atoms with Crippen molar-refractivity contribution in [3.63, 3.8) is 0 Å². The average molecular weight is 273 g/mol. The van der Waals surface area contributed by atoms with Crippen LogP contribution in [0.3, 0.4) is 0 Å². The van der Waals surface area contributed by atoms with Crippen LogP contribution in [0.15, 0.2) is 23.1 Å². The average Bonchev–Trinajstić information content (AvgIpc) is 3.20. The summed E-state index contributed by atoms with van der Waals surface area (Å²) in [6.45, 7) is 0. The summed E-state index contributed by atoms with van der Waals surface area (Å²) in [5, 5.41) is 10.7. The second kappa shape index (κ2) is 4.59. The Morgan fingerprint density at radius 2 is 2.10 bits per heavy atom. The van der Waals surface area contributed by atoms with Gasteiger partial charge in [0, 0.05) is 26.2 Å². The molecule has 1 aliphatic carbocycles. The number of hydrogen-bond donors (Lipinski definition) is 1. The van der Waals surface area contributed by atoms with E-state index < -0.39 is 5.91 Å². The van der Waals surface area contributed by atoms with Crippen LogP contribution in [-0.4, -0.2) is 25.2 Å². The third-order valence-electron chi connectivity index (χ3n) is 3.44. The molecule has 1 saturated carbocycles. The van der Waals surface area contributed by atoms with Gasteiger partial charge in [-0.15, -0.1) is 10.2 Å². The summed E-state index contributed by atoms with van der Waals surface area (Å²) < 4.78 is 3.13. The number of anilines is 1. The molecule has 0 saturated heterocycles. The van der Waals surface area contributed by atoms with Gasteiger partial charge < -0.3 is 4.57 Å². The number of pyridine rings is 1. The molecule has 0 aliphatic heterocycles. The number of hydrogen-bond acceptors (Lipinski definition) is 4. The largest absolute Gasteiger partial charge is 0.318 e. The molecule has 3 rings (SSSR count). The number of aryl methyl sites for hydroxylation is 1. The molecular weight excluding hydrogens is 258 g/mol. The van der Waals surface area contributed by atoms with Gasteiger partial charge >= 0.3 is 0 Å². The lowest BCUT2D eigenvalue weighted by Crippen LogP contribution is -2.27. The van der Waals surface area contributed by atoms with Crippen LogP contribution in [0.2, 0.25) is 0 Å². The van der Waals surface area contributed by atoms with Gasteiger partial charge in [0.05, 0.1) is 0 Å². The number of carbonyl (C=O) groups is 1. The zero-order valence-corrected chi connectivity index (χ0v) is 11.3. The van der Waals surface area contributed by atoms with E-state index in [1.807, 2.05) is 7.05 Å². The Balaban J connectivity index is 1.86. The van der Waals surface area contributed by atoms with Crippen molar-refractivity contribution >= 4 is 11.9 Å². The maximum Gasteiger partial charge on any atom is 0.263 e. The third-order valence-corrected chi connectivity index (χ3v) is 3.44. The number of amides is 1. The van der Waals surface area contributed by atoms with Gasteiger partial charge in [0.15, 0.2) is 0 Å². The lowest BCUT2D eigenvalue weighted by atomic mass is 10.2.